The molecule has 0 aliphatic heterocycles. The lowest BCUT2D eigenvalue weighted by Gasteiger charge is -2.15. The van der Waals surface area contributed by atoms with Gasteiger partial charge >= 0.3 is 0 Å². The monoisotopic (exact) mass is 609 g/mol. The van der Waals surface area contributed by atoms with Gasteiger partial charge < -0.3 is 10.1 Å². The predicted octanol–water partition coefficient (Wildman–Crippen LogP) is 7.28. The molecule has 10 heteroatoms. The Morgan fingerprint density at radius 2 is 1.94 bits per heavy atom. The normalized spacial score (nSPS) is 10.8. The number of nitrogens with zero attached hydrogens (tertiary/aromatic N) is 1. The van der Waals surface area contributed by atoms with Crippen molar-refractivity contribution in [3.63, 3.8) is 0 Å². The average molecular weight is 612 g/mol. The zero-order valence-corrected chi connectivity index (χ0v) is 22.0. The minimum atomic E-state index is -0.434. The molecule has 3 aromatic carbocycles. The molecule has 5 nitrogen and oxygen atoms in total. The van der Waals surface area contributed by atoms with Crippen LogP contribution >= 0.6 is 67.0 Å². The van der Waals surface area contributed by atoms with E-state index in [9.17, 15) is 4.79 Å². The highest BCUT2D eigenvalue weighted by molar-refractivity contribution is 9.11. The number of thiazole rings is 1. The number of aromatic nitrogens is 1. The van der Waals surface area contributed by atoms with Gasteiger partial charge in [0, 0.05) is 19.5 Å². The Hall–Kier alpha value is -2.04. The quantitative estimate of drug-likeness (QED) is 0.238. The first-order chi connectivity index (χ1) is 15.4. The van der Waals surface area contributed by atoms with E-state index in [1.807, 2.05) is 36.4 Å². The molecule has 0 atom stereocenters. The van der Waals surface area contributed by atoms with Crippen LogP contribution in [0.1, 0.15) is 10.4 Å². The number of hydrogen-bond donors (Lipinski definition) is 2. The van der Waals surface area contributed by atoms with Crippen LogP contribution in [0.5, 0.6) is 5.75 Å². The van der Waals surface area contributed by atoms with E-state index < -0.39 is 5.91 Å². The molecule has 0 bridgehead atoms. The van der Waals surface area contributed by atoms with Gasteiger partial charge in [0.2, 0.25) is 0 Å². The third-order valence-electron chi connectivity index (χ3n) is 4.45. The van der Waals surface area contributed by atoms with Crippen molar-refractivity contribution in [1.82, 2.24) is 10.3 Å². The van der Waals surface area contributed by atoms with Crippen LogP contribution in [0.15, 0.2) is 63.5 Å². The first-order valence-electron chi connectivity index (χ1n) is 9.16. The maximum Gasteiger partial charge on any atom is 0.261 e. The van der Waals surface area contributed by atoms with Crippen LogP contribution in [-0.2, 0) is 0 Å². The number of para-hydroxylation sites is 1. The molecule has 0 saturated carbocycles. The Morgan fingerprint density at radius 1 is 1.16 bits per heavy atom. The van der Waals surface area contributed by atoms with E-state index in [-0.39, 0.29) is 10.7 Å². The van der Waals surface area contributed by atoms with Crippen molar-refractivity contribution in [2.45, 2.75) is 0 Å². The largest absolute Gasteiger partial charge is 0.496 e. The fraction of sp³-hybridized carbons (Fsp3) is 0.0455. The molecular weight excluding hydrogens is 598 g/mol. The number of halogens is 3. The van der Waals surface area contributed by atoms with Gasteiger partial charge in [-0.2, -0.15) is 0 Å². The Labute approximate surface area is 215 Å². The Kier molecular flexibility index (Phi) is 7.11. The predicted molar refractivity (Wildman–Crippen MR) is 142 cm³/mol. The van der Waals surface area contributed by atoms with Crippen LogP contribution in [0.2, 0.25) is 5.02 Å². The molecule has 4 rings (SSSR count). The molecule has 1 aromatic heterocycles. The lowest BCUT2D eigenvalue weighted by Crippen LogP contribution is -2.34. The molecule has 0 fully saturated rings. The number of benzene rings is 3. The van der Waals surface area contributed by atoms with E-state index in [1.165, 1.54) is 13.2 Å². The second kappa shape index (κ2) is 9.84. The van der Waals surface area contributed by atoms with Gasteiger partial charge in [-0.05, 0) is 70.6 Å². The molecule has 0 aliphatic rings. The van der Waals surface area contributed by atoms with Crippen LogP contribution < -0.4 is 15.4 Å². The number of methoxy groups -OCH3 is 1. The lowest BCUT2D eigenvalue weighted by atomic mass is 10.2. The number of rotatable bonds is 4. The van der Waals surface area contributed by atoms with Gasteiger partial charge in [-0.1, -0.05) is 39.7 Å². The van der Waals surface area contributed by atoms with Crippen molar-refractivity contribution >= 4 is 93.9 Å². The maximum atomic E-state index is 12.8. The third kappa shape index (κ3) is 4.97. The van der Waals surface area contributed by atoms with Crippen LogP contribution in [0.25, 0.3) is 20.8 Å². The number of fused-ring (bicyclic) bond motifs is 1. The van der Waals surface area contributed by atoms with Crippen molar-refractivity contribution in [2.75, 3.05) is 12.4 Å². The van der Waals surface area contributed by atoms with Crippen molar-refractivity contribution in [3.8, 4) is 16.3 Å². The number of carbonyl (C=O) groups excluding carboxylic acids is 1. The second-order valence-electron chi connectivity index (χ2n) is 6.55. The summed E-state index contributed by atoms with van der Waals surface area (Å²) in [4.78, 5) is 17.5. The SMILES string of the molecule is COc1ccc(Cl)cc1C(=O)NC(=S)Nc1c(Br)cc(Br)cc1-c1nc2ccccc2s1. The summed E-state index contributed by atoms with van der Waals surface area (Å²) in [6.07, 6.45) is 0. The summed E-state index contributed by atoms with van der Waals surface area (Å²) in [7, 11) is 1.49. The third-order valence-corrected chi connectivity index (χ3v) is 7.04. The van der Waals surface area contributed by atoms with E-state index >= 15 is 0 Å². The average Bonchev–Trinajstić information content (AvgIpc) is 3.19. The minimum absolute atomic E-state index is 0.127. The molecular formula is C22H14Br2ClN3O2S2. The van der Waals surface area contributed by atoms with E-state index in [0.29, 0.717) is 16.5 Å². The lowest BCUT2D eigenvalue weighted by molar-refractivity contribution is 0.0975. The number of hydrogen-bond acceptors (Lipinski definition) is 5. The van der Waals surface area contributed by atoms with Gasteiger partial charge in [-0.25, -0.2) is 4.98 Å². The molecule has 1 amide bonds. The maximum absolute atomic E-state index is 12.8. The Balaban J connectivity index is 1.64. The molecule has 0 saturated heterocycles. The van der Waals surface area contributed by atoms with Crippen molar-refractivity contribution in [1.29, 1.82) is 0 Å². The zero-order valence-electron chi connectivity index (χ0n) is 16.4. The molecule has 2 N–H and O–H groups in total. The second-order valence-corrected chi connectivity index (χ2v) is 10.2. The number of carbonyl (C=O) groups is 1. The highest BCUT2D eigenvalue weighted by Gasteiger charge is 2.18. The highest BCUT2D eigenvalue weighted by atomic mass is 79.9. The van der Waals surface area contributed by atoms with Gasteiger partial charge in [0.1, 0.15) is 10.8 Å². The summed E-state index contributed by atoms with van der Waals surface area (Å²) >= 11 is 20.2. The number of ether oxygens (including phenoxy) is 1. The standard InChI is InChI=1S/C22H14Br2ClN3O2S2/c1-30-17-7-6-12(25)10-13(17)20(29)28-22(31)27-19-14(8-11(23)9-15(19)24)21-26-16-4-2-3-5-18(16)32-21/h2-10H,1H3,(H2,27,28,29,31). The summed E-state index contributed by atoms with van der Waals surface area (Å²) in [5.74, 6) is -0.0358. The van der Waals surface area contributed by atoms with Crippen LogP contribution in [-0.4, -0.2) is 23.1 Å². The summed E-state index contributed by atoms with van der Waals surface area (Å²) in [5.41, 5.74) is 2.73. The van der Waals surface area contributed by atoms with Gasteiger partial charge in [0.15, 0.2) is 5.11 Å². The Bertz CT molecular complexity index is 1330. The molecule has 162 valence electrons. The summed E-state index contributed by atoms with van der Waals surface area (Å²) in [6.45, 7) is 0. The fourth-order valence-corrected chi connectivity index (χ4v) is 5.71. The zero-order chi connectivity index (χ0) is 22.8. The number of anilines is 1. The first-order valence-corrected chi connectivity index (χ1v) is 12.4. The molecule has 1 heterocycles. The van der Waals surface area contributed by atoms with E-state index in [4.69, 9.17) is 33.5 Å². The number of amides is 1. The Morgan fingerprint density at radius 3 is 2.69 bits per heavy atom. The van der Waals surface area contributed by atoms with Crippen molar-refractivity contribution < 1.29 is 9.53 Å². The highest BCUT2D eigenvalue weighted by Crippen LogP contribution is 2.40. The molecule has 0 aliphatic carbocycles. The van der Waals surface area contributed by atoms with Crippen LogP contribution in [0, 0.1) is 0 Å². The van der Waals surface area contributed by atoms with Gasteiger partial charge in [0.25, 0.3) is 5.91 Å². The fourth-order valence-electron chi connectivity index (χ4n) is 3.03. The summed E-state index contributed by atoms with van der Waals surface area (Å²) in [6, 6.07) is 16.6. The molecule has 0 radical (unpaired) electrons. The van der Waals surface area contributed by atoms with Gasteiger partial charge in [-0.15, -0.1) is 11.3 Å². The summed E-state index contributed by atoms with van der Waals surface area (Å²) in [5, 5.41) is 7.18. The van der Waals surface area contributed by atoms with Gasteiger partial charge in [0.05, 0.1) is 28.6 Å². The van der Waals surface area contributed by atoms with Crippen molar-refractivity contribution in [3.05, 3.63) is 74.1 Å². The minimum Gasteiger partial charge on any atom is -0.496 e. The van der Waals surface area contributed by atoms with Gasteiger partial charge in [-0.3, -0.25) is 10.1 Å². The van der Waals surface area contributed by atoms with E-state index in [0.717, 1.165) is 29.7 Å². The van der Waals surface area contributed by atoms with Crippen molar-refractivity contribution in [2.24, 2.45) is 0 Å². The molecule has 0 unspecified atom stereocenters. The summed E-state index contributed by atoms with van der Waals surface area (Å²) < 4.78 is 7.97. The molecule has 4 aromatic rings. The van der Waals surface area contributed by atoms with Crippen LogP contribution in [0.3, 0.4) is 0 Å². The number of thiocarbonyl (C=S) groups is 1. The number of nitrogens with one attached hydrogen (secondary N) is 2. The smallest absolute Gasteiger partial charge is 0.261 e. The molecule has 32 heavy (non-hydrogen) atoms. The topological polar surface area (TPSA) is 63.2 Å². The van der Waals surface area contributed by atoms with E-state index in [2.05, 4.69) is 42.5 Å². The first kappa shape index (κ1) is 23.1. The molecule has 0 spiro atoms. The van der Waals surface area contributed by atoms with E-state index in [1.54, 1.807) is 23.5 Å². The van der Waals surface area contributed by atoms with Crippen LogP contribution in [0.4, 0.5) is 5.69 Å².